The lowest BCUT2D eigenvalue weighted by molar-refractivity contribution is 0.102. The highest BCUT2D eigenvalue weighted by Crippen LogP contribution is 2.30. The van der Waals surface area contributed by atoms with Gasteiger partial charge in [0, 0.05) is 32.2 Å². The Morgan fingerprint density at radius 2 is 1.93 bits per heavy atom. The van der Waals surface area contributed by atoms with E-state index in [9.17, 15) is 13.2 Å². The topological polar surface area (TPSA) is 114 Å². The maximum atomic E-state index is 12.8. The van der Waals surface area contributed by atoms with Crippen LogP contribution in [-0.4, -0.2) is 54.3 Å². The standard InChI is InChI=1S/C19H21N5O4S2/c1-5-28-14-8-7-13(11-15(14)30(26,27)24(3)4)23-18(25)16-12(2)22-19(29-16)17-20-9-6-10-21-17/h6-11H,5H2,1-4H3,(H,23,25). The monoisotopic (exact) mass is 447 g/mol. The number of hydrogen-bond donors (Lipinski definition) is 1. The minimum absolute atomic E-state index is 0.0217. The number of benzene rings is 1. The van der Waals surface area contributed by atoms with Gasteiger partial charge >= 0.3 is 0 Å². The van der Waals surface area contributed by atoms with Crippen LogP contribution < -0.4 is 10.1 Å². The van der Waals surface area contributed by atoms with Gasteiger partial charge in [0.25, 0.3) is 5.91 Å². The third-order valence-corrected chi connectivity index (χ3v) is 7.01. The van der Waals surface area contributed by atoms with E-state index in [1.54, 1.807) is 38.4 Å². The molecule has 3 rings (SSSR count). The van der Waals surface area contributed by atoms with Crippen LogP contribution in [0.4, 0.5) is 5.69 Å². The molecule has 0 unspecified atom stereocenters. The molecule has 1 N–H and O–H groups in total. The molecule has 3 aromatic rings. The highest BCUT2D eigenvalue weighted by Gasteiger charge is 2.24. The SMILES string of the molecule is CCOc1ccc(NC(=O)c2sc(-c3ncccn3)nc2C)cc1S(=O)(=O)N(C)C. The fraction of sp³-hybridized carbons (Fsp3) is 0.263. The Morgan fingerprint density at radius 3 is 2.57 bits per heavy atom. The Labute approximate surface area is 178 Å². The number of rotatable bonds is 7. The van der Waals surface area contributed by atoms with E-state index in [-0.39, 0.29) is 10.6 Å². The predicted molar refractivity (Wildman–Crippen MR) is 114 cm³/mol. The maximum absolute atomic E-state index is 12.8. The van der Waals surface area contributed by atoms with Crippen molar-refractivity contribution < 1.29 is 17.9 Å². The van der Waals surface area contributed by atoms with Crippen molar-refractivity contribution in [1.82, 2.24) is 19.3 Å². The summed E-state index contributed by atoms with van der Waals surface area (Å²) in [7, 11) is -0.893. The number of amides is 1. The minimum Gasteiger partial charge on any atom is -0.492 e. The van der Waals surface area contributed by atoms with Crippen LogP contribution in [0.5, 0.6) is 5.75 Å². The van der Waals surface area contributed by atoms with Crippen molar-refractivity contribution in [3.63, 3.8) is 0 Å². The van der Waals surface area contributed by atoms with E-state index < -0.39 is 15.9 Å². The Morgan fingerprint density at radius 1 is 1.23 bits per heavy atom. The fourth-order valence-corrected chi connectivity index (χ4v) is 4.52. The van der Waals surface area contributed by atoms with Gasteiger partial charge in [0.2, 0.25) is 10.0 Å². The highest BCUT2D eigenvalue weighted by atomic mass is 32.2. The number of aromatic nitrogens is 3. The fourth-order valence-electron chi connectivity index (χ4n) is 2.56. The zero-order valence-corrected chi connectivity index (χ0v) is 18.5. The third-order valence-electron chi connectivity index (χ3n) is 4.02. The molecule has 0 spiro atoms. The molecule has 0 fully saturated rings. The quantitative estimate of drug-likeness (QED) is 0.592. The number of carbonyl (C=O) groups excluding carboxylic acids is 1. The molecule has 2 heterocycles. The van der Waals surface area contributed by atoms with Gasteiger partial charge in [0.15, 0.2) is 10.8 Å². The number of sulfonamides is 1. The molecule has 2 aromatic heterocycles. The largest absolute Gasteiger partial charge is 0.492 e. The maximum Gasteiger partial charge on any atom is 0.267 e. The Balaban J connectivity index is 1.91. The molecule has 0 saturated carbocycles. The first-order chi connectivity index (χ1) is 14.2. The lowest BCUT2D eigenvalue weighted by Gasteiger charge is -2.16. The van der Waals surface area contributed by atoms with E-state index in [0.29, 0.717) is 33.7 Å². The lowest BCUT2D eigenvalue weighted by Crippen LogP contribution is -2.23. The van der Waals surface area contributed by atoms with Crippen molar-refractivity contribution in [3.05, 3.63) is 47.2 Å². The third kappa shape index (κ3) is 4.48. The first-order valence-corrected chi connectivity index (χ1v) is 11.2. The average Bonchev–Trinajstić information content (AvgIpc) is 3.11. The van der Waals surface area contributed by atoms with Crippen LogP contribution in [0, 0.1) is 6.92 Å². The van der Waals surface area contributed by atoms with Crippen LogP contribution >= 0.6 is 11.3 Å². The van der Waals surface area contributed by atoms with Crippen LogP contribution in [0.15, 0.2) is 41.6 Å². The van der Waals surface area contributed by atoms with E-state index in [1.165, 1.54) is 37.6 Å². The van der Waals surface area contributed by atoms with Crippen LogP contribution in [0.1, 0.15) is 22.3 Å². The number of anilines is 1. The van der Waals surface area contributed by atoms with Gasteiger partial charge in [-0.25, -0.2) is 27.7 Å². The zero-order valence-electron chi connectivity index (χ0n) is 16.9. The number of carbonyl (C=O) groups is 1. The van der Waals surface area contributed by atoms with E-state index >= 15 is 0 Å². The molecule has 158 valence electrons. The molecule has 11 heteroatoms. The van der Waals surface area contributed by atoms with Crippen molar-refractivity contribution in [2.24, 2.45) is 0 Å². The molecule has 0 bridgehead atoms. The summed E-state index contributed by atoms with van der Waals surface area (Å²) >= 11 is 1.17. The van der Waals surface area contributed by atoms with Crippen molar-refractivity contribution in [2.75, 3.05) is 26.0 Å². The van der Waals surface area contributed by atoms with Gasteiger partial charge < -0.3 is 10.1 Å². The van der Waals surface area contributed by atoms with Gasteiger partial charge in [-0.05, 0) is 38.1 Å². The first-order valence-electron chi connectivity index (χ1n) is 8.99. The first kappa shape index (κ1) is 21.8. The Kier molecular flexibility index (Phi) is 6.44. The lowest BCUT2D eigenvalue weighted by atomic mass is 10.3. The molecular formula is C19H21N5O4S2. The Hall–Kier alpha value is -2.89. The number of thiazole rings is 1. The molecule has 30 heavy (non-hydrogen) atoms. The Bertz CT molecular complexity index is 1160. The van der Waals surface area contributed by atoms with E-state index in [2.05, 4.69) is 20.3 Å². The molecule has 0 aliphatic carbocycles. The average molecular weight is 448 g/mol. The van der Waals surface area contributed by atoms with Crippen LogP contribution in [-0.2, 0) is 10.0 Å². The van der Waals surface area contributed by atoms with Crippen molar-refractivity contribution in [2.45, 2.75) is 18.7 Å². The molecule has 1 amide bonds. The number of aryl methyl sites for hydroxylation is 1. The van der Waals surface area contributed by atoms with Gasteiger partial charge in [-0.1, -0.05) is 0 Å². The molecule has 1 aromatic carbocycles. The van der Waals surface area contributed by atoms with Crippen molar-refractivity contribution in [3.8, 4) is 16.6 Å². The second kappa shape index (κ2) is 8.86. The normalized spacial score (nSPS) is 11.5. The highest BCUT2D eigenvalue weighted by molar-refractivity contribution is 7.89. The predicted octanol–water partition coefficient (Wildman–Crippen LogP) is 2.81. The summed E-state index contributed by atoms with van der Waals surface area (Å²) in [6.07, 6.45) is 3.21. The van der Waals surface area contributed by atoms with Gasteiger partial charge in [-0.2, -0.15) is 0 Å². The zero-order chi connectivity index (χ0) is 21.9. The van der Waals surface area contributed by atoms with Crippen LogP contribution in [0.25, 0.3) is 10.8 Å². The van der Waals surface area contributed by atoms with E-state index in [0.717, 1.165) is 4.31 Å². The van der Waals surface area contributed by atoms with E-state index in [1.807, 2.05) is 0 Å². The van der Waals surface area contributed by atoms with Crippen LogP contribution in [0.2, 0.25) is 0 Å². The summed E-state index contributed by atoms with van der Waals surface area (Å²) in [6.45, 7) is 3.80. The molecule has 9 nitrogen and oxygen atoms in total. The van der Waals surface area contributed by atoms with E-state index in [4.69, 9.17) is 4.74 Å². The molecule has 0 atom stereocenters. The van der Waals surface area contributed by atoms with Gasteiger partial charge in [-0.3, -0.25) is 4.79 Å². The number of ether oxygens (including phenoxy) is 1. The second-order valence-electron chi connectivity index (χ2n) is 6.34. The summed E-state index contributed by atoms with van der Waals surface area (Å²) < 4.78 is 31.9. The molecular weight excluding hydrogens is 426 g/mol. The van der Waals surface area contributed by atoms with Gasteiger partial charge in [0.05, 0.1) is 12.3 Å². The smallest absolute Gasteiger partial charge is 0.267 e. The van der Waals surface area contributed by atoms with Gasteiger partial charge in [0.1, 0.15) is 15.5 Å². The minimum atomic E-state index is -3.76. The summed E-state index contributed by atoms with van der Waals surface area (Å²) in [5.74, 6) is 0.260. The van der Waals surface area contributed by atoms with Crippen LogP contribution in [0.3, 0.4) is 0 Å². The molecule has 0 aliphatic heterocycles. The molecule has 0 radical (unpaired) electrons. The van der Waals surface area contributed by atoms with Gasteiger partial charge in [-0.15, -0.1) is 11.3 Å². The van der Waals surface area contributed by atoms with Crippen molar-refractivity contribution in [1.29, 1.82) is 0 Å². The summed E-state index contributed by atoms with van der Waals surface area (Å²) in [5, 5.41) is 3.27. The second-order valence-corrected chi connectivity index (χ2v) is 9.46. The molecule has 0 saturated heterocycles. The molecule has 0 aliphatic rings. The summed E-state index contributed by atoms with van der Waals surface area (Å²) in [5.41, 5.74) is 0.862. The summed E-state index contributed by atoms with van der Waals surface area (Å²) in [4.78, 5) is 25.9. The number of nitrogens with one attached hydrogen (secondary N) is 1. The number of nitrogens with zero attached hydrogens (tertiary/aromatic N) is 4. The number of hydrogen-bond acceptors (Lipinski definition) is 8. The van der Waals surface area contributed by atoms with Crippen molar-refractivity contribution >= 4 is 33.0 Å². The summed E-state index contributed by atoms with van der Waals surface area (Å²) in [6, 6.07) is 6.20.